The third-order valence-electron chi connectivity index (χ3n) is 7.41. The second kappa shape index (κ2) is 12.6. The van der Waals surface area contributed by atoms with Gasteiger partial charge in [-0.25, -0.2) is 4.98 Å². The maximum atomic E-state index is 12.9. The highest BCUT2D eigenvalue weighted by molar-refractivity contribution is 6.33. The van der Waals surface area contributed by atoms with E-state index in [0.717, 1.165) is 51.4 Å². The number of aryl methyl sites for hydroxylation is 2. The van der Waals surface area contributed by atoms with Crippen LogP contribution in [-0.4, -0.2) is 35.1 Å². The summed E-state index contributed by atoms with van der Waals surface area (Å²) in [4.78, 5) is 17.0. The lowest BCUT2D eigenvalue weighted by Crippen LogP contribution is -2.43. The molecule has 2 aliphatic carbocycles. The fraction of sp³-hybridized carbons (Fsp3) is 0.593. The van der Waals surface area contributed by atoms with Gasteiger partial charge in [0.15, 0.2) is 0 Å². The molecule has 0 atom stereocenters. The lowest BCUT2D eigenvalue weighted by Gasteiger charge is -2.45. The quantitative estimate of drug-likeness (QED) is 0.422. The van der Waals surface area contributed by atoms with E-state index in [1.54, 1.807) is 0 Å². The predicted molar refractivity (Wildman–Crippen MR) is 135 cm³/mol. The summed E-state index contributed by atoms with van der Waals surface area (Å²) in [7, 11) is 0. The number of rotatable bonds is 11. The van der Waals surface area contributed by atoms with Crippen molar-refractivity contribution in [1.82, 2.24) is 20.2 Å². The molecular formula is C27H39ClN4O. The van der Waals surface area contributed by atoms with Gasteiger partial charge in [-0.3, -0.25) is 4.79 Å². The summed E-state index contributed by atoms with van der Waals surface area (Å²) in [5.74, 6) is 0.859. The van der Waals surface area contributed by atoms with Gasteiger partial charge in [0, 0.05) is 25.5 Å². The summed E-state index contributed by atoms with van der Waals surface area (Å²) < 4.78 is 2.10. The van der Waals surface area contributed by atoms with Crippen LogP contribution in [0.3, 0.4) is 0 Å². The highest BCUT2D eigenvalue weighted by Gasteiger charge is 2.39. The molecule has 2 radical (unpaired) electrons. The van der Waals surface area contributed by atoms with Gasteiger partial charge in [0.2, 0.25) is 0 Å². The van der Waals surface area contributed by atoms with Crippen molar-refractivity contribution in [2.45, 2.75) is 70.8 Å². The zero-order valence-electron chi connectivity index (χ0n) is 19.8. The molecule has 6 heteroatoms. The number of carbonyl (C=O) groups is 1. The van der Waals surface area contributed by atoms with E-state index in [0.29, 0.717) is 16.0 Å². The number of hydrogen-bond donors (Lipinski definition) is 2. The van der Waals surface area contributed by atoms with Gasteiger partial charge in [0.05, 0.1) is 16.9 Å². The number of fused-ring (bicyclic) bond motifs is 2. The second-order valence-electron chi connectivity index (χ2n) is 9.86. The Bertz CT molecular complexity index is 857. The van der Waals surface area contributed by atoms with Gasteiger partial charge < -0.3 is 15.2 Å². The first-order valence-electron chi connectivity index (χ1n) is 12.4. The first kappa shape index (κ1) is 25.8. The van der Waals surface area contributed by atoms with Crippen LogP contribution in [0, 0.1) is 18.8 Å². The molecule has 1 amide bonds. The molecule has 2 saturated carbocycles. The van der Waals surface area contributed by atoms with Crippen molar-refractivity contribution in [3.8, 4) is 0 Å². The number of carbonyl (C=O) groups excluding carboxylic acids is 1. The van der Waals surface area contributed by atoms with Gasteiger partial charge in [0.1, 0.15) is 0 Å². The van der Waals surface area contributed by atoms with E-state index in [2.05, 4.69) is 20.2 Å². The van der Waals surface area contributed by atoms with Gasteiger partial charge in [-0.05, 0) is 80.6 Å². The van der Waals surface area contributed by atoms with Crippen LogP contribution in [0.1, 0.15) is 73.7 Å². The first-order valence-corrected chi connectivity index (χ1v) is 12.7. The molecule has 2 bridgehead atoms. The summed E-state index contributed by atoms with van der Waals surface area (Å²) >= 11 is 6.40. The van der Waals surface area contributed by atoms with Crippen LogP contribution in [0.15, 0.2) is 36.9 Å². The van der Waals surface area contributed by atoms with Crippen molar-refractivity contribution in [2.24, 2.45) is 11.3 Å². The van der Waals surface area contributed by atoms with Crippen LogP contribution in [0.25, 0.3) is 0 Å². The van der Waals surface area contributed by atoms with Crippen molar-refractivity contribution in [2.75, 3.05) is 19.6 Å². The van der Waals surface area contributed by atoms with E-state index in [1.807, 2.05) is 36.9 Å². The third-order valence-corrected chi connectivity index (χ3v) is 7.74. The minimum atomic E-state index is -0.0171. The molecule has 180 valence electrons. The number of halogens is 1. The van der Waals surface area contributed by atoms with Crippen molar-refractivity contribution < 1.29 is 4.79 Å². The molecule has 1 aromatic heterocycles. The van der Waals surface area contributed by atoms with Crippen molar-refractivity contribution in [3.63, 3.8) is 0 Å². The van der Waals surface area contributed by atoms with Crippen LogP contribution in [0.4, 0.5) is 0 Å². The van der Waals surface area contributed by atoms with E-state index < -0.39 is 0 Å². The Kier molecular flexibility index (Phi) is 9.81. The molecule has 1 heterocycles. The Labute approximate surface area is 204 Å². The summed E-state index contributed by atoms with van der Waals surface area (Å²) in [6.45, 7) is 3.75. The average molecular weight is 471 g/mol. The lowest BCUT2D eigenvalue weighted by atomic mass is 9.62. The number of aromatic nitrogens is 2. The summed E-state index contributed by atoms with van der Waals surface area (Å²) in [6.07, 6.45) is 17.9. The third kappa shape index (κ3) is 7.31. The van der Waals surface area contributed by atoms with Crippen LogP contribution in [0.2, 0.25) is 5.02 Å². The Hall–Kier alpha value is -1.85. The molecule has 33 heavy (non-hydrogen) atoms. The zero-order chi connectivity index (χ0) is 22.2. The molecule has 5 nitrogen and oxygen atoms in total. The van der Waals surface area contributed by atoms with Crippen LogP contribution in [0.5, 0.6) is 0 Å². The number of amides is 1. The molecule has 2 N–H and O–H groups in total. The van der Waals surface area contributed by atoms with Gasteiger partial charge in [-0.1, -0.05) is 50.8 Å². The van der Waals surface area contributed by atoms with E-state index in [4.69, 9.17) is 11.6 Å². The average Bonchev–Trinajstić information content (AvgIpc) is 3.31. The molecule has 2 aliphatic rings. The number of imidazole rings is 1. The fourth-order valence-corrected chi connectivity index (χ4v) is 5.89. The second-order valence-corrected chi connectivity index (χ2v) is 10.3. The molecular weight excluding hydrogens is 432 g/mol. The smallest absolute Gasteiger partial charge is 0.252 e. The zero-order valence-corrected chi connectivity index (χ0v) is 20.6. The molecule has 0 aliphatic heterocycles. The van der Waals surface area contributed by atoms with Gasteiger partial charge in [0.25, 0.3) is 5.91 Å². The van der Waals surface area contributed by atoms with Crippen LogP contribution in [-0.2, 0) is 13.0 Å². The van der Waals surface area contributed by atoms with Gasteiger partial charge in [-0.2, -0.15) is 0 Å². The maximum Gasteiger partial charge on any atom is 0.252 e. The van der Waals surface area contributed by atoms with E-state index in [9.17, 15) is 4.79 Å². The van der Waals surface area contributed by atoms with Crippen molar-refractivity contribution >= 4 is 17.5 Å². The Morgan fingerprint density at radius 2 is 1.97 bits per heavy atom. The normalized spacial score (nSPS) is 21.9. The summed E-state index contributed by atoms with van der Waals surface area (Å²) in [5, 5.41) is 7.29. The SMILES string of the molecule is O=C(NCC12CCCC(CCC1)C2)c1cc(CCCNCCCn2ccnc2)ccc1Cl.[CH2]. The standard InChI is InChI=1S/C26H37ClN4O.CH2/c27-24-9-8-21(7-3-12-28-13-4-15-31-16-14-29-20-31)17-23(24)25(32)30-19-26-10-1-5-22(18-26)6-2-11-26;/h8-9,14,16-17,20,22,28H,1-7,10-13,15,18-19H2,(H,30,32);1H2. The number of hydrogen-bond acceptors (Lipinski definition) is 3. The van der Waals surface area contributed by atoms with Crippen LogP contribution >= 0.6 is 11.6 Å². The Morgan fingerprint density at radius 1 is 1.18 bits per heavy atom. The maximum absolute atomic E-state index is 12.9. The topological polar surface area (TPSA) is 59.0 Å². The Morgan fingerprint density at radius 3 is 2.73 bits per heavy atom. The lowest BCUT2D eigenvalue weighted by molar-refractivity contribution is 0.0682. The molecule has 2 aromatic rings. The van der Waals surface area contributed by atoms with Crippen LogP contribution < -0.4 is 10.6 Å². The molecule has 0 unspecified atom stereocenters. The highest BCUT2D eigenvalue weighted by Crippen LogP contribution is 2.48. The highest BCUT2D eigenvalue weighted by atomic mass is 35.5. The number of benzene rings is 1. The molecule has 1 aromatic carbocycles. The number of nitrogens with zero attached hydrogens (tertiary/aromatic N) is 2. The summed E-state index contributed by atoms with van der Waals surface area (Å²) in [5.41, 5.74) is 2.12. The summed E-state index contributed by atoms with van der Waals surface area (Å²) in [6, 6.07) is 5.91. The van der Waals surface area contributed by atoms with Crippen molar-refractivity contribution in [1.29, 1.82) is 0 Å². The molecule has 0 spiro atoms. The fourth-order valence-electron chi connectivity index (χ4n) is 5.68. The molecule has 4 rings (SSSR count). The molecule has 0 saturated heterocycles. The minimum Gasteiger partial charge on any atom is -0.351 e. The van der Waals surface area contributed by atoms with Gasteiger partial charge in [-0.15, -0.1) is 0 Å². The number of nitrogens with one attached hydrogen (secondary N) is 2. The molecule has 2 fully saturated rings. The van der Waals surface area contributed by atoms with E-state index >= 15 is 0 Å². The minimum absolute atomic E-state index is 0. The van der Waals surface area contributed by atoms with Gasteiger partial charge >= 0.3 is 0 Å². The van der Waals surface area contributed by atoms with E-state index in [-0.39, 0.29) is 13.3 Å². The Balaban J connectivity index is 0.00000306. The van der Waals surface area contributed by atoms with E-state index in [1.165, 1.54) is 50.5 Å². The predicted octanol–water partition coefficient (Wildman–Crippen LogP) is 5.57. The van der Waals surface area contributed by atoms with Crippen molar-refractivity contribution in [3.05, 3.63) is 60.5 Å². The largest absolute Gasteiger partial charge is 0.351 e. The first-order chi connectivity index (χ1) is 15.6. The monoisotopic (exact) mass is 470 g/mol.